The monoisotopic (exact) mass is 163 g/mol. The summed E-state index contributed by atoms with van der Waals surface area (Å²) in [5.74, 6) is 0.590. The van der Waals surface area contributed by atoms with Crippen molar-refractivity contribution in [2.45, 2.75) is 13.3 Å². The SMILES string of the molecule is CCCN(CCS)C(=O)O. The molecule has 0 saturated heterocycles. The molecule has 0 aromatic carbocycles. The van der Waals surface area contributed by atoms with Gasteiger partial charge >= 0.3 is 6.09 Å². The molecule has 0 atom stereocenters. The Kier molecular flexibility index (Phi) is 5.20. The van der Waals surface area contributed by atoms with E-state index in [-0.39, 0.29) is 0 Å². The molecule has 1 N–H and O–H groups in total. The standard InChI is InChI=1S/C6H13NO2S/c1-2-3-7(4-5-10)6(8)9/h10H,2-5H2,1H3,(H,8,9). The van der Waals surface area contributed by atoms with Crippen LogP contribution in [0, 0.1) is 0 Å². The van der Waals surface area contributed by atoms with E-state index in [2.05, 4.69) is 12.6 Å². The van der Waals surface area contributed by atoms with Crippen LogP contribution in [0.15, 0.2) is 0 Å². The molecule has 0 radical (unpaired) electrons. The maximum atomic E-state index is 10.4. The van der Waals surface area contributed by atoms with Gasteiger partial charge in [0.05, 0.1) is 0 Å². The molecule has 60 valence electrons. The van der Waals surface area contributed by atoms with Gasteiger partial charge in [-0.15, -0.1) is 0 Å². The van der Waals surface area contributed by atoms with Gasteiger partial charge in [0, 0.05) is 18.8 Å². The second-order valence-electron chi connectivity index (χ2n) is 1.99. The molecular formula is C6H13NO2S. The zero-order valence-electron chi connectivity index (χ0n) is 6.08. The Balaban J connectivity index is 3.61. The summed E-state index contributed by atoms with van der Waals surface area (Å²) in [7, 11) is 0. The first-order valence-electron chi connectivity index (χ1n) is 3.31. The Bertz CT molecular complexity index is 102. The van der Waals surface area contributed by atoms with E-state index in [9.17, 15) is 4.79 Å². The van der Waals surface area contributed by atoms with E-state index in [0.29, 0.717) is 18.8 Å². The molecule has 0 unspecified atom stereocenters. The molecule has 0 spiro atoms. The van der Waals surface area contributed by atoms with Crippen molar-refractivity contribution in [1.29, 1.82) is 0 Å². The van der Waals surface area contributed by atoms with Crippen LogP contribution in [0.5, 0.6) is 0 Å². The third kappa shape index (κ3) is 3.61. The minimum Gasteiger partial charge on any atom is -0.465 e. The van der Waals surface area contributed by atoms with Gasteiger partial charge in [-0.2, -0.15) is 12.6 Å². The van der Waals surface area contributed by atoms with Gasteiger partial charge in [-0.1, -0.05) is 6.92 Å². The van der Waals surface area contributed by atoms with Crippen LogP contribution < -0.4 is 0 Å². The quantitative estimate of drug-likeness (QED) is 0.613. The van der Waals surface area contributed by atoms with Gasteiger partial charge in [-0.05, 0) is 6.42 Å². The van der Waals surface area contributed by atoms with Gasteiger partial charge in [0.25, 0.3) is 0 Å². The van der Waals surface area contributed by atoms with Gasteiger partial charge in [-0.25, -0.2) is 4.79 Å². The number of carbonyl (C=O) groups is 1. The van der Waals surface area contributed by atoms with Crippen molar-refractivity contribution in [1.82, 2.24) is 4.90 Å². The maximum Gasteiger partial charge on any atom is 0.407 e. The van der Waals surface area contributed by atoms with Crippen molar-refractivity contribution in [2.24, 2.45) is 0 Å². The molecule has 0 heterocycles. The number of carboxylic acid groups (broad SMARTS) is 1. The van der Waals surface area contributed by atoms with Gasteiger partial charge in [0.2, 0.25) is 0 Å². The smallest absolute Gasteiger partial charge is 0.407 e. The highest BCUT2D eigenvalue weighted by molar-refractivity contribution is 7.80. The van der Waals surface area contributed by atoms with E-state index >= 15 is 0 Å². The number of nitrogens with zero attached hydrogens (tertiary/aromatic N) is 1. The molecule has 0 fully saturated rings. The van der Waals surface area contributed by atoms with Gasteiger partial charge in [-0.3, -0.25) is 0 Å². The Morgan fingerprint density at radius 2 is 2.20 bits per heavy atom. The van der Waals surface area contributed by atoms with Crippen LogP contribution in [0.1, 0.15) is 13.3 Å². The number of rotatable bonds is 4. The molecule has 0 bridgehead atoms. The highest BCUT2D eigenvalue weighted by Crippen LogP contribution is 1.92. The van der Waals surface area contributed by atoms with Gasteiger partial charge in [0.1, 0.15) is 0 Å². The molecule has 0 rings (SSSR count). The first-order valence-corrected chi connectivity index (χ1v) is 3.94. The summed E-state index contributed by atoms with van der Waals surface area (Å²) in [6.45, 7) is 3.08. The Morgan fingerprint density at radius 3 is 2.50 bits per heavy atom. The molecule has 4 heteroatoms. The van der Waals surface area contributed by atoms with E-state index < -0.39 is 6.09 Å². The molecule has 10 heavy (non-hydrogen) atoms. The number of thiol groups is 1. The molecular weight excluding hydrogens is 150 g/mol. The summed E-state index contributed by atoms with van der Waals surface area (Å²) < 4.78 is 0. The second-order valence-corrected chi connectivity index (χ2v) is 2.44. The Morgan fingerprint density at radius 1 is 1.60 bits per heavy atom. The van der Waals surface area contributed by atoms with Crippen LogP contribution in [0.2, 0.25) is 0 Å². The van der Waals surface area contributed by atoms with E-state index in [1.807, 2.05) is 6.92 Å². The number of amides is 1. The molecule has 0 aromatic rings. The second kappa shape index (κ2) is 5.41. The molecule has 1 amide bonds. The summed E-state index contributed by atoms with van der Waals surface area (Å²) >= 11 is 3.94. The minimum absolute atomic E-state index is 0.520. The third-order valence-electron chi connectivity index (χ3n) is 1.13. The first-order chi connectivity index (χ1) is 4.72. The minimum atomic E-state index is -0.851. The number of hydrogen-bond donors (Lipinski definition) is 2. The summed E-state index contributed by atoms with van der Waals surface area (Å²) in [6, 6.07) is 0. The fraction of sp³-hybridized carbons (Fsp3) is 0.833. The Labute approximate surface area is 66.4 Å². The molecule has 0 aromatic heterocycles. The first kappa shape index (κ1) is 9.62. The fourth-order valence-electron chi connectivity index (χ4n) is 0.694. The van der Waals surface area contributed by atoms with Crippen molar-refractivity contribution in [2.75, 3.05) is 18.8 Å². The summed E-state index contributed by atoms with van der Waals surface area (Å²) in [6.07, 6.45) is 0.0102. The lowest BCUT2D eigenvalue weighted by atomic mass is 10.4. The summed E-state index contributed by atoms with van der Waals surface area (Å²) in [5.41, 5.74) is 0. The largest absolute Gasteiger partial charge is 0.465 e. The van der Waals surface area contributed by atoms with Gasteiger partial charge < -0.3 is 10.0 Å². The lowest BCUT2D eigenvalue weighted by molar-refractivity contribution is 0.148. The van der Waals surface area contributed by atoms with Crippen LogP contribution in [-0.2, 0) is 0 Å². The van der Waals surface area contributed by atoms with Gasteiger partial charge in [0.15, 0.2) is 0 Å². The highest BCUT2D eigenvalue weighted by atomic mass is 32.1. The van der Waals surface area contributed by atoms with Crippen molar-refractivity contribution < 1.29 is 9.90 Å². The van der Waals surface area contributed by atoms with E-state index in [1.54, 1.807) is 0 Å². The topological polar surface area (TPSA) is 40.5 Å². The highest BCUT2D eigenvalue weighted by Gasteiger charge is 2.07. The zero-order valence-corrected chi connectivity index (χ0v) is 6.97. The van der Waals surface area contributed by atoms with Crippen LogP contribution in [0.4, 0.5) is 4.79 Å². The normalized spacial score (nSPS) is 9.40. The van der Waals surface area contributed by atoms with Crippen LogP contribution >= 0.6 is 12.6 Å². The van der Waals surface area contributed by atoms with Crippen molar-refractivity contribution in [3.8, 4) is 0 Å². The predicted octanol–water partition coefficient (Wildman–Crippen LogP) is 1.31. The van der Waals surface area contributed by atoms with E-state index in [1.165, 1.54) is 4.90 Å². The number of hydrogen-bond acceptors (Lipinski definition) is 2. The average Bonchev–Trinajstić information content (AvgIpc) is 1.87. The fourth-order valence-corrected chi connectivity index (χ4v) is 0.935. The zero-order chi connectivity index (χ0) is 7.98. The van der Waals surface area contributed by atoms with Crippen molar-refractivity contribution >= 4 is 18.7 Å². The van der Waals surface area contributed by atoms with Crippen LogP contribution in [0.25, 0.3) is 0 Å². The lowest BCUT2D eigenvalue weighted by Crippen LogP contribution is -2.31. The molecule has 3 nitrogen and oxygen atoms in total. The van der Waals surface area contributed by atoms with Crippen molar-refractivity contribution in [3.05, 3.63) is 0 Å². The summed E-state index contributed by atoms with van der Waals surface area (Å²) in [5, 5.41) is 8.53. The maximum absolute atomic E-state index is 10.4. The molecule has 0 aliphatic heterocycles. The Hall–Kier alpha value is -0.380. The van der Waals surface area contributed by atoms with Crippen molar-refractivity contribution in [3.63, 3.8) is 0 Å². The molecule has 0 saturated carbocycles. The lowest BCUT2D eigenvalue weighted by Gasteiger charge is -2.16. The summed E-state index contributed by atoms with van der Waals surface area (Å²) in [4.78, 5) is 11.7. The van der Waals surface area contributed by atoms with Crippen LogP contribution in [-0.4, -0.2) is 34.9 Å². The molecule has 0 aliphatic rings. The molecule has 0 aliphatic carbocycles. The predicted molar refractivity (Wildman–Crippen MR) is 43.7 cm³/mol. The van der Waals surface area contributed by atoms with Crippen LogP contribution in [0.3, 0.4) is 0 Å². The average molecular weight is 163 g/mol. The van der Waals surface area contributed by atoms with E-state index in [4.69, 9.17) is 5.11 Å². The third-order valence-corrected chi connectivity index (χ3v) is 1.33. The van der Waals surface area contributed by atoms with E-state index in [0.717, 1.165) is 6.42 Å².